The van der Waals surface area contributed by atoms with Crippen molar-refractivity contribution < 1.29 is 14.2 Å². The molecule has 200 valence electrons. The molecule has 1 aliphatic rings. The molecular formula is C27H33N7O4. The molecular weight excluding hydrogens is 486 g/mol. The van der Waals surface area contributed by atoms with Gasteiger partial charge in [-0.05, 0) is 53.7 Å². The van der Waals surface area contributed by atoms with Gasteiger partial charge in [-0.1, -0.05) is 12.1 Å². The fourth-order valence-electron chi connectivity index (χ4n) is 5.02. The first kappa shape index (κ1) is 25.7. The number of nitrogens with one attached hydrogen (secondary N) is 1. The maximum absolute atomic E-state index is 13.5. The summed E-state index contributed by atoms with van der Waals surface area (Å²) in [6, 6.07) is 15.2. The Bertz CT molecular complexity index is 1430. The summed E-state index contributed by atoms with van der Waals surface area (Å²) in [5.74, 6) is 2.21. The average Bonchev–Trinajstić information content (AvgIpc) is 3.41. The molecule has 2 aromatic carbocycles. The first-order valence-electron chi connectivity index (χ1n) is 12.8. The molecule has 2 aromatic heterocycles. The van der Waals surface area contributed by atoms with Crippen molar-refractivity contribution in [2.24, 2.45) is 0 Å². The van der Waals surface area contributed by atoms with Gasteiger partial charge in [0.1, 0.15) is 17.5 Å². The predicted molar refractivity (Wildman–Crippen MR) is 144 cm³/mol. The summed E-state index contributed by atoms with van der Waals surface area (Å²) < 4.78 is 18.3. The zero-order valence-electron chi connectivity index (χ0n) is 22.0. The van der Waals surface area contributed by atoms with E-state index in [1.165, 1.54) is 0 Å². The van der Waals surface area contributed by atoms with Crippen LogP contribution in [0.25, 0.3) is 10.9 Å². The van der Waals surface area contributed by atoms with Crippen LogP contribution in [0.15, 0.2) is 53.3 Å². The second-order valence-electron chi connectivity index (χ2n) is 9.09. The number of hydrogen-bond donors (Lipinski definition) is 1. The summed E-state index contributed by atoms with van der Waals surface area (Å²) >= 11 is 0. The molecule has 11 heteroatoms. The largest absolute Gasteiger partial charge is 0.495 e. The lowest BCUT2D eigenvalue weighted by molar-refractivity contribution is 0.171. The summed E-state index contributed by atoms with van der Waals surface area (Å²) in [5, 5.41) is 13.4. The summed E-state index contributed by atoms with van der Waals surface area (Å²) in [7, 11) is 3.33. The van der Waals surface area contributed by atoms with E-state index in [2.05, 4.69) is 36.4 Å². The van der Waals surface area contributed by atoms with E-state index in [4.69, 9.17) is 14.2 Å². The highest BCUT2D eigenvalue weighted by Gasteiger charge is 2.33. The van der Waals surface area contributed by atoms with Crippen LogP contribution in [0.1, 0.15) is 24.4 Å². The quantitative estimate of drug-likeness (QED) is 0.338. The third-order valence-corrected chi connectivity index (χ3v) is 6.87. The van der Waals surface area contributed by atoms with Crippen LogP contribution in [0.3, 0.4) is 0 Å². The van der Waals surface area contributed by atoms with E-state index < -0.39 is 6.04 Å². The van der Waals surface area contributed by atoms with Gasteiger partial charge >= 0.3 is 0 Å². The number of anilines is 1. The second kappa shape index (κ2) is 11.6. The van der Waals surface area contributed by atoms with E-state index in [9.17, 15) is 4.79 Å². The van der Waals surface area contributed by atoms with Crippen molar-refractivity contribution in [1.29, 1.82) is 0 Å². The lowest BCUT2D eigenvalue weighted by Gasteiger charge is -2.40. The molecule has 3 heterocycles. The van der Waals surface area contributed by atoms with Gasteiger partial charge in [-0.2, -0.15) is 0 Å². The molecule has 1 unspecified atom stereocenters. The lowest BCUT2D eigenvalue weighted by atomic mass is 10.0. The third-order valence-electron chi connectivity index (χ3n) is 6.87. The van der Waals surface area contributed by atoms with Gasteiger partial charge in [-0.3, -0.25) is 9.69 Å². The molecule has 5 rings (SSSR count). The van der Waals surface area contributed by atoms with Crippen LogP contribution in [0, 0.1) is 0 Å². The van der Waals surface area contributed by atoms with Crippen LogP contribution >= 0.6 is 0 Å². The van der Waals surface area contributed by atoms with Crippen molar-refractivity contribution in [3.8, 4) is 11.5 Å². The summed E-state index contributed by atoms with van der Waals surface area (Å²) in [6.45, 7) is 6.38. The monoisotopic (exact) mass is 519 g/mol. The van der Waals surface area contributed by atoms with Crippen LogP contribution in [-0.2, 0) is 11.3 Å². The molecule has 1 atom stereocenters. The molecule has 0 spiro atoms. The molecule has 1 fully saturated rings. The van der Waals surface area contributed by atoms with Gasteiger partial charge in [-0.25, -0.2) is 4.68 Å². The van der Waals surface area contributed by atoms with Gasteiger partial charge in [0.15, 0.2) is 5.82 Å². The Hall–Kier alpha value is -3.96. The number of aromatic amines is 1. The Morgan fingerprint density at radius 3 is 2.63 bits per heavy atom. The summed E-state index contributed by atoms with van der Waals surface area (Å²) in [6.07, 6.45) is 0. The van der Waals surface area contributed by atoms with Crippen LogP contribution in [0.4, 0.5) is 5.69 Å². The normalized spacial score (nSPS) is 15.1. The molecule has 0 saturated carbocycles. The van der Waals surface area contributed by atoms with Crippen molar-refractivity contribution in [1.82, 2.24) is 30.1 Å². The Morgan fingerprint density at radius 2 is 1.87 bits per heavy atom. The second-order valence-corrected chi connectivity index (χ2v) is 9.09. The van der Waals surface area contributed by atoms with Gasteiger partial charge in [-0.15, -0.1) is 5.10 Å². The zero-order chi connectivity index (χ0) is 26.5. The number of hydrogen-bond acceptors (Lipinski definition) is 9. The molecule has 1 saturated heterocycles. The topological polar surface area (TPSA) is 111 Å². The number of para-hydroxylation sites is 2. The van der Waals surface area contributed by atoms with Crippen LogP contribution in [0.2, 0.25) is 0 Å². The number of ether oxygens (including phenoxy) is 3. The Morgan fingerprint density at radius 1 is 1.05 bits per heavy atom. The van der Waals surface area contributed by atoms with E-state index in [0.717, 1.165) is 41.2 Å². The minimum atomic E-state index is -0.439. The third kappa shape index (κ3) is 5.20. The molecule has 0 aliphatic carbocycles. The minimum Gasteiger partial charge on any atom is -0.495 e. The van der Waals surface area contributed by atoms with Crippen LogP contribution in [0.5, 0.6) is 11.5 Å². The fourth-order valence-corrected chi connectivity index (χ4v) is 5.02. The Kier molecular flexibility index (Phi) is 7.85. The number of fused-ring (bicyclic) bond motifs is 1. The number of nitrogens with zero attached hydrogens (tertiary/aromatic N) is 6. The Labute approximate surface area is 220 Å². The van der Waals surface area contributed by atoms with Gasteiger partial charge in [0.25, 0.3) is 5.56 Å². The van der Waals surface area contributed by atoms with E-state index in [-0.39, 0.29) is 5.56 Å². The molecule has 1 aliphatic heterocycles. The van der Waals surface area contributed by atoms with E-state index >= 15 is 0 Å². The summed E-state index contributed by atoms with van der Waals surface area (Å²) in [5.41, 5.74) is 2.23. The molecule has 4 aromatic rings. The zero-order valence-corrected chi connectivity index (χ0v) is 22.0. The standard InChI is InChI=1S/C27H33N7O4/c1-4-38-20-9-10-22-19(17-20)18-21(27(35)28-22)25(26-29-30-31-34(26)15-16-36-2)33-13-11-32(12-14-33)23-7-5-6-8-24(23)37-3/h5-10,17-18,25H,4,11-16H2,1-3H3,(H,28,35). The predicted octanol–water partition coefficient (Wildman–Crippen LogP) is 2.48. The van der Waals surface area contributed by atoms with E-state index in [0.29, 0.717) is 44.2 Å². The maximum Gasteiger partial charge on any atom is 0.253 e. The van der Waals surface area contributed by atoms with Gasteiger partial charge in [0.2, 0.25) is 0 Å². The smallest absolute Gasteiger partial charge is 0.253 e. The highest BCUT2D eigenvalue weighted by atomic mass is 16.5. The SMILES string of the molecule is CCOc1ccc2[nH]c(=O)c(C(c3nnnn3CCOC)N3CCN(c4ccccc4OC)CC3)cc2c1. The van der Waals surface area contributed by atoms with Crippen LogP contribution in [-0.4, -0.2) is 83.7 Å². The summed E-state index contributed by atoms with van der Waals surface area (Å²) in [4.78, 5) is 21.1. The lowest BCUT2D eigenvalue weighted by Crippen LogP contribution is -2.49. The van der Waals surface area contributed by atoms with Crippen molar-refractivity contribution in [2.75, 3.05) is 58.5 Å². The van der Waals surface area contributed by atoms with Crippen molar-refractivity contribution >= 4 is 16.6 Å². The first-order chi connectivity index (χ1) is 18.6. The number of pyridine rings is 1. The molecule has 0 amide bonds. The number of aromatic nitrogens is 5. The highest BCUT2D eigenvalue weighted by Crippen LogP contribution is 2.32. The Balaban J connectivity index is 1.52. The number of piperazine rings is 1. The van der Waals surface area contributed by atoms with Gasteiger partial charge < -0.3 is 24.1 Å². The number of benzene rings is 2. The minimum absolute atomic E-state index is 0.167. The van der Waals surface area contributed by atoms with Crippen molar-refractivity contribution in [3.63, 3.8) is 0 Å². The number of tetrazole rings is 1. The fraction of sp³-hybridized carbons (Fsp3) is 0.407. The van der Waals surface area contributed by atoms with Crippen LogP contribution < -0.4 is 19.9 Å². The van der Waals surface area contributed by atoms with Crippen molar-refractivity contribution in [2.45, 2.75) is 19.5 Å². The molecule has 0 bridgehead atoms. The van der Waals surface area contributed by atoms with E-state index in [1.807, 2.05) is 49.4 Å². The number of H-pyrrole nitrogens is 1. The number of rotatable bonds is 10. The maximum atomic E-state index is 13.5. The average molecular weight is 520 g/mol. The molecule has 38 heavy (non-hydrogen) atoms. The van der Waals surface area contributed by atoms with Crippen molar-refractivity contribution in [3.05, 3.63) is 70.3 Å². The first-order valence-corrected chi connectivity index (χ1v) is 12.8. The molecule has 11 nitrogen and oxygen atoms in total. The van der Waals surface area contributed by atoms with Gasteiger partial charge in [0.05, 0.1) is 32.6 Å². The highest BCUT2D eigenvalue weighted by molar-refractivity contribution is 5.80. The van der Waals surface area contributed by atoms with Gasteiger partial charge in [0, 0.05) is 49.8 Å². The van der Waals surface area contributed by atoms with E-state index in [1.54, 1.807) is 18.9 Å². The number of methoxy groups -OCH3 is 2. The molecule has 0 radical (unpaired) electrons. The molecule has 1 N–H and O–H groups in total.